The van der Waals surface area contributed by atoms with E-state index in [2.05, 4.69) is 0 Å². The lowest BCUT2D eigenvalue weighted by Crippen LogP contribution is -1.91. The van der Waals surface area contributed by atoms with Crippen LogP contribution in [0.5, 0.6) is 0 Å². The van der Waals surface area contributed by atoms with Gasteiger partial charge >= 0.3 is 6.29 Å². The van der Waals surface area contributed by atoms with Crippen LogP contribution in [0.4, 0.5) is 0 Å². The second kappa shape index (κ2) is 3.10. The van der Waals surface area contributed by atoms with Crippen molar-refractivity contribution in [1.82, 2.24) is 0 Å². The summed E-state index contributed by atoms with van der Waals surface area (Å²) in [5, 5.41) is 0. The maximum absolute atomic E-state index is 10.8. The summed E-state index contributed by atoms with van der Waals surface area (Å²) in [4.78, 5) is 19.3. The highest BCUT2D eigenvalue weighted by molar-refractivity contribution is 5.94. The third-order valence-corrected chi connectivity index (χ3v) is 1.47. The largest absolute Gasteiger partial charge is 0.312 e. The fraction of sp³-hybridized carbons (Fsp3) is 0.111. The maximum Gasteiger partial charge on any atom is 0.312 e. The standard InChI is InChI=1S/C9H8O2/c1-7(11)9-4-2-8(6-10)3-5-9/h2-6H,1H3/p+1. The van der Waals surface area contributed by atoms with Gasteiger partial charge in [-0.3, -0.25) is 9.59 Å². The molecule has 0 radical (unpaired) electrons. The van der Waals surface area contributed by atoms with Crippen LogP contribution in [0, 0.1) is 0 Å². The molecule has 2 heteroatoms. The van der Waals surface area contributed by atoms with Crippen LogP contribution in [0.1, 0.15) is 22.8 Å². The Morgan fingerprint density at radius 2 is 1.91 bits per heavy atom. The first-order chi connectivity index (χ1) is 5.24. The lowest BCUT2D eigenvalue weighted by molar-refractivity contribution is 0.101. The summed E-state index contributed by atoms with van der Waals surface area (Å²) in [6, 6.07) is 6.75. The number of hydrogen-bond acceptors (Lipinski definition) is 1. The molecule has 56 valence electrons. The van der Waals surface area contributed by atoms with E-state index in [0.717, 1.165) is 6.29 Å². The SMILES string of the molecule is CC(=O)c1ccc(C=[OH+])cc1. The van der Waals surface area contributed by atoms with Gasteiger partial charge in [0.2, 0.25) is 0 Å². The molecule has 1 aromatic carbocycles. The Hall–Kier alpha value is -1.44. The number of Topliss-reactive ketones (excluding diaryl/α,β-unsaturated/α-hetero) is 1. The Balaban J connectivity index is 3.00. The summed E-state index contributed by atoms with van der Waals surface area (Å²) < 4.78 is 0. The van der Waals surface area contributed by atoms with Crippen LogP contribution < -0.4 is 0 Å². The second-order valence-electron chi connectivity index (χ2n) is 2.31. The van der Waals surface area contributed by atoms with Crippen molar-refractivity contribution in [1.29, 1.82) is 0 Å². The molecule has 0 saturated carbocycles. The predicted molar refractivity (Wildman–Crippen MR) is 43.5 cm³/mol. The minimum Gasteiger partial charge on any atom is -0.295 e. The maximum atomic E-state index is 10.8. The van der Waals surface area contributed by atoms with E-state index in [1.165, 1.54) is 6.92 Å². The molecule has 0 aliphatic heterocycles. The van der Waals surface area contributed by atoms with Gasteiger partial charge in [0.05, 0.1) is 5.56 Å². The first kappa shape index (κ1) is 7.66. The van der Waals surface area contributed by atoms with Crippen molar-refractivity contribution >= 4 is 12.1 Å². The molecule has 0 atom stereocenters. The van der Waals surface area contributed by atoms with E-state index >= 15 is 0 Å². The zero-order chi connectivity index (χ0) is 8.27. The Kier molecular flexibility index (Phi) is 2.16. The quantitative estimate of drug-likeness (QED) is 0.356. The van der Waals surface area contributed by atoms with E-state index in [-0.39, 0.29) is 5.78 Å². The fourth-order valence-corrected chi connectivity index (χ4v) is 0.804. The molecule has 2 nitrogen and oxygen atoms in total. The summed E-state index contributed by atoms with van der Waals surface area (Å²) in [7, 11) is 0. The van der Waals surface area contributed by atoms with Gasteiger partial charge in [-0.15, -0.1) is 0 Å². The molecule has 0 bridgehead atoms. The Labute approximate surface area is 64.8 Å². The molecular formula is C9H9O2+. The minimum atomic E-state index is 0.0366. The summed E-state index contributed by atoms with van der Waals surface area (Å²) >= 11 is 0. The van der Waals surface area contributed by atoms with Crippen molar-refractivity contribution in [3.05, 3.63) is 35.4 Å². The minimum absolute atomic E-state index is 0.0366. The van der Waals surface area contributed by atoms with Crippen LogP contribution in [0.25, 0.3) is 0 Å². The first-order valence-corrected chi connectivity index (χ1v) is 3.32. The van der Waals surface area contributed by atoms with Gasteiger partial charge < -0.3 is 0 Å². The molecular weight excluding hydrogens is 140 g/mol. The van der Waals surface area contributed by atoms with E-state index in [0.29, 0.717) is 11.1 Å². The Bertz CT molecular complexity index is 272. The monoisotopic (exact) mass is 149 g/mol. The third kappa shape index (κ3) is 1.74. The molecule has 1 N–H and O–H groups in total. The zero-order valence-corrected chi connectivity index (χ0v) is 6.24. The number of ketones is 1. The van der Waals surface area contributed by atoms with Crippen LogP contribution in [0.3, 0.4) is 0 Å². The highest BCUT2D eigenvalue weighted by atomic mass is 16.1. The van der Waals surface area contributed by atoms with Crippen LogP contribution in [-0.4, -0.2) is 16.9 Å². The molecule has 1 aromatic rings. The summed E-state index contributed by atoms with van der Waals surface area (Å²) in [5.41, 5.74) is 1.37. The summed E-state index contributed by atoms with van der Waals surface area (Å²) in [5.74, 6) is 0.0366. The van der Waals surface area contributed by atoms with Gasteiger partial charge in [0, 0.05) is 5.56 Å². The molecule has 0 spiro atoms. The van der Waals surface area contributed by atoms with Crippen LogP contribution in [0.2, 0.25) is 0 Å². The average molecular weight is 149 g/mol. The van der Waals surface area contributed by atoms with Crippen LogP contribution in [-0.2, 0) is 0 Å². The van der Waals surface area contributed by atoms with Gasteiger partial charge in [0.15, 0.2) is 5.78 Å². The molecule has 0 aliphatic rings. The van der Waals surface area contributed by atoms with E-state index in [9.17, 15) is 4.79 Å². The van der Waals surface area contributed by atoms with Gasteiger partial charge in [0.1, 0.15) is 0 Å². The van der Waals surface area contributed by atoms with E-state index < -0.39 is 0 Å². The number of benzene rings is 1. The normalized spacial score (nSPS) is 9.18. The molecule has 0 unspecified atom stereocenters. The smallest absolute Gasteiger partial charge is 0.295 e. The Morgan fingerprint density at radius 3 is 2.27 bits per heavy atom. The van der Waals surface area contributed by atoms with E-state index in [4.69, 9.17) is 4.79 Å². The highest BCUT2D eigenvalue weighted by Crippen LogP contribution is 2.02. The van der Waals surface area contributed by atoms with Gasteiger partial charge in [0.25, 0.3) is 0 Å². The lowest BCUT2D eigenvalue weighted by atomic mass is 10.1. The summed E-state index contributed by atoms with van der Waals surface area (Å²) in [6.45, 7) is 1.51. The molecule has 11 heavy (non-hydrogen) atoms. The molecule has 0 fully saturated rings. The topological polar surface area (TPSA) is 38.5 Å². The molecule has 0 aromatic heterocycles. The van der Waals surface area contributed by atoms with Crippen LogP contribution >= 0.6 is 0 Å². The number of hydrogen-bond donors (Lipinski definition) is 0. The van der Waals surface area contributed by atoms with Crippen molar-refractivity contribution < 1.29 is 9.59 Å². The lowest BCUT2D eigenvalue weighted by Gasteiger charge is -1.92. The second-order valence-corrected chi connectivity index (χ2v) is 2.31. The van der Waals surface area contributed by atoms with Gasteiger partial charge in [-0.2, -0.15) is 0 Å². The van der Waals surface area contributed by atoms with Gasteiger partial charge in [-0.1, -0.05) is 12.1 Å². The number of aldehydes is 1. The first-order valence-electron chi connectivity index (χ1n) is 3.32. The molecule has 0 saturated heterocycles. The van der Waals surface area contributed by atoms with Crippen molar-refractivity contribution in [3.63, 3.8) is 0 Å². The molecule has 0 amide bonds. The number of carbonyl (C=O) groups excluding carboxylic acids is 2. The summed E-state index contributed by atoms with van der Waals surface area (Å²) in [6.07, 6.45) is 1.00. The van der Waals surface area contributed by atoms with E-state index in [1.54, 1.807) is 24.3 Å². The van der Waals surface area contributed by atoms with Crippen molar-refractivity contribution in [2.24, 2.45) is 0 Å². The highest BCUT2D eigenvalue weighted by Gasteiger charge is 1.98. The Morgan fingerprint density at radius 1 is 1.36 bits per heavy atom. The van der Waals surface area contributed by atoms with Gasteiger partial charge in [-0.25, -0.2) is 0 Å². The van der Waals surface area contributed by atoms with Crippen LogP contribution in [0.15, 0.2) is 24.3 Å². The van der Waals surface area contributed by atoms with Crippen molar-refractivity contribution in [3.8, 4) is 0 Å². The molecule has 0 heterocycles. The average Bonchev–Trinajstić information content (AvgIpc) is 2.05. The fourth-order valence-electron chi connectivity index (χ4n) is 0.804. The zero-order valence-electron chi connectivity index (χ0n) is 6.24. The predicted octanol–water partition coefficient (Wildman–Crippen LogP) is 1.41. The van der Waals surface area contributed by atoms with Crippen molar-refractivity contribution in [2.45, 2.75) is 6.92 Å². The van der Waals surface area contributed by atoms with Gasteiger partial charge in [-0.05, 0) is 19.1 Å². The number of carbonyl (C=O) groups is 1. The molecule has 0 aliphatic carbocycles. The number of rotatable bonds is 2. The third-order valence-electron chi connectivity index (χ3n) is 1.47. The molecule has 1 rings (SSSR count). The van der Waals surface area contributed by atoms with E-state index in [1.807, 2.05) is 0 Å². The van der Waals surface area contributed by atoms with Crippen molar-refractivity contribution in [2.75, 3.05) is 0 Å².